The predicted molar refractivity (Wildman–Crippen MR) is 45.0 cm³/mol. The highest BCUT2D eigenvalue weighted by Crippen LogP contribution is 1.99. The van der Waals surface area contributed by atoms with Crippen molar-refractivity contribution >= 4 is 11.7 Å². The molecule has 0 aliphatic carbocycles. The summed E-state index contributed by atoms with van der Waals surface area (Å²) in [6, 6.07) is 0. The highest BCUT2D eigenvalue weighted by atomic mass is 16.4. The first-order valence-corrected chi connectivity index (χ1v) is 3.50. The molecule has 0 amide bonds. The highest BCUT2D eigenvalue weighted by molar-refractivity contribution is 6.18. The van der Waals surface area contributed by atoms with Gasteiger partial charge in [-0.3, -0.25) is 4.99 Å². The molecule has 0 heterocycles. The minimum absolute atomic E-state index is 0.301. The van der Waals surface area contributed by atoms with E-state index in [-0.39, 0.29) is 0 Å². The van der Waals surface area contributed by atoms with Crippen LogP contribution in [0.2, 0.25) is 0 Å². The van der Waals surface area contributed by atoms with E-state index in [0.717, 1.165) is 0 Å². The van der Waals surface area contributed by atoms with Crippen LogP contribution >= 0.6 is 0 Å². The molecule has 3 nitrogen and oxygen atoms in total. The van der Waals surface area contributed by atoms with Crippen molar-refractivity contribution in [3.63, 3.8) is 0 Å². The van der Waals surface area contributed by atoms with Crippen LogP contribution in [0.25, 0.3) is 0 Å². The third kappa shape index (κ3) is 2.98. The number of aliphatic carboxylic acids is 1. The summed E-state index contributed by atoms with van der Waals surface area (Å²) in [5, 5.41) is 8.66. The maximum Gasteiger partial charge on any atom is 0.337 e. The lowest BCUT2D eigenvalue weighted by Crippen LogP contribution is -2.08. The molecule has 0 aromatic heterocycles. The van der Waals surface area contributed by atoms with E-state index in [4.69, 9.17) is 5.11 Å². The number of carboxylic acids is 1. The SMILES string of the molecule is CC/C=C(/C(=O)O)C(C)=NC. The van der Waals surface area contributed by atoms with E-state index in [1.165, 1.54) is 0 Å². The molecule has 62 valence electrons. The molecule has 0 unspecified atom stereocenters. The first-order chi connectivity index (χ1) is 5.13. The molecule has 0 rings (SSSR count). The van der Waals surface area contributed by atoms with E-state index in [1.54, 1.807) is 20.0 Å². The number of allylic oxidation sites excluding steroid dienone is 1. The second-order valence-electron chi connectivity index (χ2n) is 2.14. The van der Waals surface area contributed by atoms with Gasteiger partial charge < -0.3 is 5.11 Å². The van der Waals surface area contributed by atoms with E-state index in [1.807, 2.05) is 6.92 Å². The van der Waals surface area contributed by atoms with Crippen LogP contribution < -0.4 is 0 Å². The van der Waals surface area contributed by atoms with E-state index in [9.17, 15) is 4.79 Å². The molecule has 3 heteroatoms. The number of hydrogen-bond acceptors (Lipinski definition) is 2. The molecule has 0 spiro atoms. The Kier molecular flexibility index (Phi) is 4.18. The topological polar surface area (TPSA) is 49.7 Å². The van der Waals surface area contributed by atoms with Crippen molar-refractivity contribution < 1.29 is 9.90 Å². The normalized spacial score (nSPS) is 13.4. The molecule has 0 aromatic rings. The smallest absolute Gasteiger partial charge is 0.337 e. The third-order valence-corrected chi connectivity index (χ3v) is 1.36. The van der Waals surface area contributed by atoms with Gasteiger partial charge in [-0.15, -0.1) is 0 Å². The molecule has 0 aliphatic heterocycles. The van der Waals surface area contributed by atoms with Gasteiger partial charge in [0.05, 0.1) is 5.57 Å². The van der Waals surface area contributed by atoms with Gasteiger partial charge in [0.2, 0.25) is 0 Å². The Balaban J connectivity index is 4.62. The maximum absolute atomic E-state index is 10.5. The first kappa shape index (κ1) is 9.88. The van der Waals surface area contributed by atoms with Crippen LogP contribution in [-0.2, 0) is 4.79 Å². The fourth-order valence-electron chi connectivity index (χ4n) is 0.714. The predicted octanol–water partition coefficient (Wildman–Crippen LogP) is 1.50. The summed E-state index contributed by atoms with van der Waals surface area (Å²) in [7, 11) is 1.59. The monoisotopic (exact) mass is 155 g/mol. The Morgan fingerprint density at radius 1 is 1.64 bits per heavy atom. The number of hydrogen-bond donors (Lipinski definition) is 1. The van der Waals surface area contributed by atoms with Crippen molar-refractivity contribution in [2.24, 2.45) is 4.99 Å². The van der Waals surface area contributed by atoms with Gasteiger partial charge in [-0.25, -0.2) is 4.79 Å². The Morgan fingerprint density at radius 2 is 2.18 bits per heavy atom. The van der Waals surface area contributed by atoms with Crippen LogP contribution in [0.1, 0.15) is 20.3 Å². The van der Waals surface area contributed by atoms with Gasteiger partial charge in [-0.05, 0) is 13.3 Å². The minimum atomic E-state index is -0.907. The van der Waals surface area contributed by atoms with Gasteiger partial charge >= 0.3 is 5.97 Å². The molecule has 0 aromatic carbocycles. The molecule has 0 atom stereocenters. The summed E-state index contributed by atoms with van der Waals surface area (Å²) in [6.45, 7) is 3.58. The van der Waals surface area contributed by atoms with Crippen molar-refractivity contribution in [3.05, 3.63) is 11.6 Å². The van der Waals surface area contributed by atoms with Crippen molar-refractivity contribution in [1.82, 2.24) is 0 Å². The molecule has 0 bridgehead atoms. The number of rotatable bonds is 3. The lowest BCUT2D eigenvalue weighted by molar-refractivity contribution is -0.132. The van der Waals surface area contributed by atoms with E-state index in [0.29, 0.717) is 17.7 Å². The standard InChI is InChI=1S/C8H13NO2/c1-4-5-7(8(10)11)6(2)9-3/h5H,4H2,1-3H3,(H,10,11)/b7-5+,9-6?. The lowest BCUT2D eigenvalue weighted by Gasteiger charge is -1.98. The summed E-state index contributed by atoms with van der Waals surface area (Å²) in [5.74, 6) is -0.907. The zero-order valence-corrected chi connectivity index (χ0v) is 7.09. The van der Waals surface area contributed by atoms with Crippen LogP contribution in [0.4, 0.5) is 0 Å². The molecule has 0 saturated heterocycles. The van der Waals surface area contributed by atoms with Crippen molar-refractivity contribution in [2.45, 2.75) is 20.3 Å². The molecular weight excluding hydrogens is 142 g/mol. The average molecular weight is 155 g/mol. The maximum atomic E-state index is 10.5. The van der Waals surface area contributed by atoms with Crippen LogP contribution in [0, 0.1) is 0 Å². The van der Waals surface area contributed by atoms with Crippen LogP contribution in [-0.4, -0.2) is 23.8 Å². The molecular formula is C8H13NO2. The first-order valence-electron chi connectivity index (χ1n) is 3.50. The van der Waals surface area contributed by atoms with Gasteiger partial charge in [0.25, 0.3) is 0 Å². The zero-order valence-electron chi connectivity index (χ0n) is 7.09. The Hall–Kier alpha value is -1.12. The summed E-state index contributed by atoms with van der Waals surface area (Å²) in [5.41, 5.74) is 0.870. The van der Waals surface area contributed by atoms with Crippen LogP contribution in [0.5, 0.6) is 0 Å². The minimum Gasteiger partial charge on any atom is -0.478 e. The van der Waals surface area contributed by atoms with Crippen molar-refractivity contribution in [1.29, 1.82) is 0 Å². The number of carboxylic acid groups (broad SMARTS) is 1. The second kappa shape index (κ2) is 4.66. The molecule has 0 fully saturated rings. The summed E-state index contributed by atoms with van der Waals surface area (Å²) < 4.78 is 0. The fourth-order valence-corrected chi connectivity index (χ4v) is 0.714. The van der Waals surface area contributed by atoms with Crippen molar-refractivity contribution in [3.8, 4) is 0 Å². The van der Waals surface area contributed by atoms with Crippen LogP contribution in [0.15, 0.2) is 16.6 Å². The van der Waals surface area contributed by atoms with Crippen molar-refractivity contribution in [2.75, 3.05) is 7.05 Å². The van der Waals surface area contributed by atoms with E-state index in [2.05, 4.69) is 4.99 Å². The van der Waals surface area contributed by atoms with Gasteiger partial charge in [-0.1, -0.05) is 13.0 Å². The van der Waals surface area contributed by atoms with Gasteiger partial charge in [0.1, 0.15) is 0 Å². The number of carbonyl (C=O) groups is 1. The molecule has 0 radical (unpaired) electrons. The number of nitrogens with zero attached hydrogens (tertiary/aromatic N) is 1. The van der Waals surface area contributed by atoms with Gasteiger partial charge in [0.15, 0.2) is 0 Å². The quantitative estimate of drug-likeness (QED) is 0.496. The molecule has 0 aliphatic rings. The third-order valence-electron chi connectivity index (χ3n) is 1.36. The lowest BCUT2D eigenvalue weighted by atomic mass is 10.1. The molecule has 11 heavy (non-hydrogen) atoms. The number of aliphatic imine (C=N–C) groups is 1. The van der Waals surface area contributed by atoms with E-state index >= 15 is 0 Å². The van der Waals surface area contributed by atoms with Crippen LogP contribution in [0.3, 0.4) is 0 Å². The van der Waals surface area contributed by atoms with Gasteiger partial charge in [0, 0.05) is 12.8 Å². The highest BCUT2D eigenvalue weighted by Gasteiger charge is 2.08. The molecule has 1 N–H and O–H groups in total. The Morgan fingerprint density at radius 3 is 2.45 bits per heavy atom. The second-order valence-corrected chi connectivity index (χ2v) is 2.14. The average Bonchev–Trinajstić information content (AvgIpc) is 1.98. The van der Waals surface area contributed by atoms with E-state index < -0.39 is 5.97 Å². The zero-order chi connectivity index (χ0) is 8.85. The summed E-state index contributed by atoms with van der Waals surface area (Å²) in [4.78, 5) is 14.3. The van der Waals surface area contributed by atoms with Gasteiger partial charge in [-0.2, -0.15) is 0 Å². The largest absolute Gasteiger partial charge is 0.478 e. The summed E-state index contributed by atoms with van der Waals surface area (Å²) in [6.07, 6.45) is 2.37. The Labute approximate surface area is 66.5 Å². The summed E-state index contributed by atoms with van der Waals surface area (Å²) >= 11 is 0. The fraction of sp³-hybridized carbons (Fsp3) is 0.500. The Bertz CT molecular complexity index is 204. The molecule has 0 saturated carbocycles.